The number of methoxy groups -OCH3 is 2. The van der Waals surface area contributed by atoms with Gasteiger partial charge in [0.15, 0.2) is 6.29 Å². The van der Waals surface area contributed by atoms with E-state index in [9.17, 15) is 4.79 Å². The molecule has 0 aliphatic heterocycles. The Hall–Kier alpha value is -1.30. The smallest absolute Gasteiger partial charge is 0.255 e. The van der Waals surface area contributed by atoms with E-state index in [0.717, 1.165) is 12.8 Å². The Morgan fingerprint density at radius 3 is 2.67 bits per heavy atom. The van der Waals surface area contributed by atoms with E-state index in [1.54, 1.807) is 18.2 Å². The predicted octanol–water partition coefficient (Wildman–Crippen LogP) is 2.87. The number of ether oxygens (including phenoxy) is 3. The summed E-state index contributed by atoms with van der Waals surface area (Å²) in [4.78, 5) is 12.2. The van der Waals surface area contributed by atoms with Crippen LogP contribution in [0.25, 0.3) is 0 Å². The summed E-state index contributed by atoms with van der Waals surface area (Å²) in [5.41, 5.74) is 0.446. The van der Waals surface area contributed by atoms with Gasteiger partial charge in [0, 0.05) is 19.2 Å². The molecule has 0 aliphatic rings. The number of rotatable bonds is 9. The predicted molar refractivity (Wildman–Crippen MR) is 82.0 cm³/mol. The number of carbonyl (C=O) groups is 1. The minimum atomic E-state index is -0.481. The molecule has 1 N–H and O–H groups in total. The van der Waals surface area contributed by atoms with Gasteiger partial charge in [0.05, 0.1) is 18.7 Å². The maximum Gasteiger partial charge on any atom is 0.255 e. The molecule has 1 aromatic carbocycles. The molecule has 1 aromatic rings. The molecule has 6 heteroatoms. The first kappa shape index (κ1) is 17.8. The lowest BCUT2D eigenvalue weighted by Gasteiger charge is -2.15. The lowest BCUT2D eigenvalue weighted by atomic mass is 10.2. The van der Waals surface area contributed by atoms with Crippen molar-refractivity contribution in [1.82, 2.24) is 5.32 Å². The van der Waals surface area contributed by atoms with Crippen molar-refractivity contribution >= 4 is 17.5 Å². The van der Waals surface area contributed by atoms with Crippen LogP contribution >= 0.6 is 11.6 Å². The summed E-state index contributed by atoms with van der Waals surface area (Å²) in [6, 6.07) is 4.96. The first-order chi connectivity index (χ1) is 10.1. The highest BCUT2D eigenvalue weighted by molar-refractivity contribution is 6.30. The van der Waals surface area contributed by atoms with Gasteiger partial charge in [0.25, 0.3) is 5.91 Å². The second-order valence-electron chi connectivity index (χ2n) is 4.45. The lowest BCUT2D eigenvalue weighted by molar-refractivity contribution is -0.0974. The van der Waals surface area contributed by atoms with E-state index in [0.29, 0.717) is 22.9 Å². The van der Waals surface area contributed by atoms with Crippen molar-refractivity contribution in [2.75, 3.05) is 27.4 Å². The van der Waals surface area contributed by atoms with Gasteiger partial charge >= 0.3 is 0 Å². The molecule has 0 aromatic heterocycles. The third-order valence-electron chi connectivity index (χ3n) is 2.90. The molecule has 0 atom stereocenters. The van der Waals surface area contributed by atoms with Gasteiger partial charge in [-0.3, -0.25) is 4.79 Å². The Bertz CT molecular complexity index is 449. The first-order valence-electron chi connectivity index (χ1n) is 6.88. The number of halogens is 1. The average molecular weight is 316 g/mol. The molecule has 0 radical (unpaired) electrons. The van der Waals surface area contributed by atoms with Crippen molar-refractivity contribution in [2.24, 2.45) is 0 Å². The molecule has 0 unspecified atom stereocenters. The highest BCUT2D eigenvalue weighted by Crippen LogP contribution is 2.23. The fourth-order valence-electron chi connectivity index (χ4n) is 1.66. The highest BCUT2D eigenvalue weighted by Gasteiger charge is 2.15. The molecule has 0 spiro atoms. The Balaban J connectivity index is 2.73. The fraction of sp³-hybridized carbons (Fsp3) is 0.533. The van der Waals surface area contributed by atoms with Gasteiger partial charge in [-0.05, 0) is 24.6 Å². The van der Waals surface area contributed by atoms with Crippen molar-refractivity contribution in [3.63, 3.8) is 0 Å². The zero-order chi connectivity index (χ0) is 15.7. The summed E-state index contributed by atoms with van der Waals surface area (Å²) in [5, 5.41) is 3.27. The van der Waals surface area contributed by atoms with Crippen LogP contribution in [0.3, 0.4) is 0 Å². The van der Waals surface area contributed by atoms with Crippen LogP contribution in [0.2, 0.25) is 5.02 Å². The molecule has 21 heavy (non-hydrogen) atoms. The van der Waals surface area contributed by atoms with Gasteiger partial charge in [-0.2, -0.15) is 0 Å². The Morgan fingerprint density at radius 1 is 1.33 bits per heavy atom. The van der Waals surface area contributed by atoms with Crippen LogP contribution in [-0.4, -0.2) is 39.6 Å². The SMILES string of the molecule is CCCCOc1cc(Cl)ccc1C(=O)NCC(OC)OC. The minimum absolute atomic E-state index is 0.253. The van der Waals surface area contributed by atoms with E-state index < -0.39 is 6.29 Å². The Kier molecular flexibility index (Phi) is 8.12. The quantitative estimate of drug-likeness (QED) is 0.562. The van der Waals surface area contributed by atoms with E-state index in [2.05, 4.69) is 12.2 Å². The zero-order valence-corrected chi connectivity index (χ0v) is 13.4. The van der Waals surface area contributed by atoms with Crippen molar-refractivity contribution < 1.29 is 19.0 Å². The van der Waals surface area contributed by atoms with Crippen LogP contribution in [-0.2, 0) is 9.47 Å². The van der Waals surface area contributed by atoms with Crippen molar-refractivity contribution in [2.45, 2.75) is 26.1 Å². The molecule has 0 fully saturated rings. The number of hydrogen-bond donors (Lipinski definition) is 1. The number of benzene rings is 1. The molecule has 1 rings (SSSR count). The second kappa shape index (κ2) is 9.60. The third-order valence-corrected chi connectivity index (χ3v) is 3.13. The molecule has 118 valence electrons. The molecule has 5 nitrogen and oxygen atoms in total. The topological polar surface area (TPSA) is 56.8 Å². The van der Waals surface area contributed by atoms with Gasteiger partial charge in [0.2, 0.25) is 0 Å². The molecule has 0 saturated heterocycles. The molecular formula is C15H22ClNO4. The summed E-state index contributed by atoms with van der Waals surface area (Å²) in [6.45, 7) is 2.88. The fourth-order valence-corrected chi connectivity index (χ4v) is 1.83. The van der Waals surface area contributed by atoms with Crippen molar-refractivity contribution in [1.29, 1.82) is 0 Å². The molecular weight excluding hydrogens is 294 g/mol. The number of carbonyl (C=O) groups excluding carboxylic acids is 1. The largest absolute Gasteiger partial charge is 0.493 e. The molecule has 0 heterocycles. The van der Waals surface area contributed by atoms with Gasteiger partial charge in [-0.15, -0.1) is 0 Å². The van der Waals surface area contributed by atoms with Crippen LogP contribution in [0.1, 0.15) is 30.1 Å². The first-order valence-corrected chi connectivity index (χ1v) is 7.26. The average Bonchev–Trinajstić information content (AvgIpc) is 2.48. The van der Waals surface area contributed by atoms with Gasteiger partial charge < -0.3 is 19.5 Å². The van der Waals surface area contributed by atoms with Gasteiger partial charge in [-0.25, -0.2) is 0 Å². The highest BCUT2D eigenvalue weighted by atomic mass is 35.5. The van der Waals surface area contributed by atoms with Crippen LogP contribution in [0.5, 0.6) is 5.75 Å². The van der Waals surface area contributed by atoms with Crippen LogP contribution in [0.15, 0.2) is 18.2 Å². The summed E-state index contributed by atoms with van der Waals surface area (Å²) in [6.07, 6.45) is 1.46. The standard InChI is InChI=1S/C15H22ClNO4/c1-4-5-8-21-13-9-11(16)6-7-12(13)15(18)17-10-14(19-2)20-3/h6-7,9,14H,4-5,8,10H2,1-3H3,(H,17,18). The van der Waals surface area contributed by atoms with Gasteiger partial charge in [-0.1, -0.05) is 24.9 Å². The second-order valence-corrected chi connectivity index (χ2v) is 4.89. The normalized spacial score (nSPS) is 10.7. The summed E-state index contributed by atoms with van der Waals surface area (Å²) in [5.74, 6) is 0.233. The lowest BCUT2D eigenvalue weighted by Crippen LogP contribution is -2.34. The van der Waals surface area contributed by atoms with Crippen LogP contribution in [0.4, 0.5) is 0 Å². The molecule has 0 bridgehead atoms. The van der Waals surface area contributed by atoms with Crippen molar-refractivity contribution in [3.05, 3.63) is 28.8 Å². The minimum Gasteiger partial charge on any atom is -0.493 e. The molecule has 0 aliphatic carbocycles. The number of hydrogen-bond acceptors (Lipinski definition) is 4. The number of amides is 1. The number of nitrogens with one attached hydrogen (secondary N) is 1. The van der Waals surface area contributed by atoms with Gasteiger partial charge in [0.1, 0.15) is 5.75 Å². The van der Waals surface area contributed by atoms with Crippen LogP contribution < -0.4 is 10.1 Å². The summed E-state index contributed by atoms with van der Waals surface area (Å²) in [7, 11) is 3.03. The Morgan fingerprint density at radius 2 is 2.05 bits per heavy atom. The summed E-state index contributed by atoms with van der Waals surface area (Å²) < 4.78 is 15.7. The summed E-state index contributed by atoms with van der Waals surface area (Å²) >= 11 is 5.96. The van der Waals surface area contributed by atoms with Crippen molar-refractivity contribution in [3.8, 4) is 5.75 Å². The Labute approximate surface area is 130 Å². The van der Waals surface area contributed by atoms with E-state index >= 15 is 0 Å². The third kappa shape index (κ3) is 5.91. The van der Waals surface area contributed by atoms with E-state index in [-0.39, 0.29) is 12.5 Å². The van der Waals surface area contributed by atoms with E-state index in [4.69, 9.17) is 25.8 Å². The van der Waals surface area contributed by atoms with Crippen LogP contribution in [0, 0.1) is 0 Å². The zero-order valence-electron chi connectivity index (χ0n) is 12.6. The van der Waals surface area contributed by atoms with E-state index in [1.165, 1.54) is 14.2 Å². The maximum absolute atomic E-state index is 12.2. The molecule has 1 amide bonds. The number of unbranched alkanes of at least 4 members (excludes halogenated alkanes) is 1. The monoisotopic (exact) mass is 315 g/mol. The maximum atomic E-state index is 12.2. The molecule has 0 saturated carbocycles. The van der Waals surface area contributed by atoms with E-state index in [1.807, 2.05) is 0 Å².